The third kappa shape index (κ3) is 1.21. The van der Waals surface area contributed by atoms with Crippen molar-refractivity contribution in [3.8, 4) is 6.07 Å². The molecule has 2 heterocycles. The summed E-state index contributed by atoms with van der Waals surface area (Å²) in [6.07, 6.45) is 0. The van der Waals surface area contributed by atoms with Crippen LogP contribution < -0.4 is 0 Å². The Kier molecular flexibility index (Phi) is 1.84. The Balaban J connectivity index is 2.67. The van der Waals surface area contributed by atoms with Crippen molar-refractivity contribution in [2.24, 2.45) is 0 Å². The largest absolute Gasteiger partial charge is 0.461 e. The highest BCUT2D eigenvalue weighted by Gasteiger charge is 2.17. The molecule has 0 amide bonds. The molecule has 2 aromatic heterocycles. The van der Waals surface area contributed by atoms with Gasteiger partial charge in [0.2, 0.25) is 0 Å². The average Bonchev–Trinajstić information content (AvgIpc) is 2.83. The molecule has 0 aliphatic carbocycles. The highest BCUT2D eigenvalue weighted by molar-refractivity contribution is 6.03. The van der Waals surface area contributed by atoms with Crippen molar-refractivity contribution in [2.45, 2.75) is 20.8 Å². The number of fused-ring (bicyclic) bond motifs is 2. The summed E-state index contributed by atoms with van der Waals surface area (Å²) in [4.78, 5) is 0. The van der Waals surface area contributed by atoms with Crippen LogP contribution in [0.2, 0.25) is 0 Å². The number of aryl methyl sites for hydroxylation is 3. The fourth-order valence-corrected chi connectivity index (χ4v) is 2.31. The first-order chi connectivity index (χ1) is 8.11. The van der Waals surface area contributed by atoms with E-state index in [9.17, 15) is 5.26 Å². The van der Waals surface area contributed by atoms with Gasteiger partial charge in [-0.1, -0.05) is 0 Å². The first kappa shape index (κ1) is 9.98. The molecule has 3 rings (SSSR count). The van der Waals surface area contributed by atoms with Crippen molar-refractivity contribution in [2.75, 3.05) is 0 Å². The number of benzene rings is 1. The summed E-state index contributed by atoms with van der Waals surface area (Å²) >= 11 is 0. The van der Waals surface area contributed by atoms with E-state index < -0.39 is 0 Å². The molecule has 3 nitrogen and oxygen atoms in total. The summed E-state index contributed by atoms with van der Waals surface area (Å²) in [7, 11) is 0. The zero-order valence-corrected chi connectivity index (χ0v) is 9.92. The lowest BCUT2D eigenvalue weighted by molar-refractivity contribution is 0.573. The lowest BCUT2D eigenvalue weighted by Gasteiger charge is -1.99. The fraction of sp³-hybridized carbons (Fsp3) is 0.214. The minimum Gasteiger partial charge on any atom is -0.461 e. The molecule has 0 aliphatic heterocycles. The number of nitrogens with zero attached hydrogens (tertiary/aromatic N) is 1. The number of furan rings is 2. The van der Waals surface area contributed by atoms with Crippen molar-refractivity contribution in [3.05, 3.63) is 34.8 Å². The third-order valence-electron chi connectivity index (χ3n) is 3.06. The normalized spacial score (nSPS) is 11.2. The van der Waals surface area contributed by atoms with Gasteiger partial charge in [-0.3, -0.25) is 0 Å². The molecule has 3 heteroatoms. The van der Waals surface area contributed by atoms with Gasteiger partial charge in [0.05, 0.1) is 0 Å². The van der Waals surface area contributed by atoms with Crippen LogP contribution in [0.3, 0.4) is 0 Å². The standard InChI is InChI=1S/C14H11NO2/c1-7-4-10-9(3)13-11(5-8(2)16-13)12(6-15)14(10)17-7/h4-5H,1-3H3. The maximum absolute atomic E-state index is 9.29. The van der Waals surface area contributed by atoms with Gasteiger partial charge < -0.3 is 8.83 Å². The predicted molar refractivity (Wildman–Crippen MR) is 64.9 cm³/mol. The van der Waals surface area contributed by atoms with E-state index in [1.807, 2.05) is 32.9 Å². The smallest absolute Gasteiger partial charge is 0.153 e. The van der Waals surface area contributed by atoms with Crippen LogP contribution in [0.5, 0.6) is 0 Å². The summed E-state index contributed by atoms with van der Waals surface area (Å²) in [5, 5.41) is 11.1. The van der Waals surface area contributed by atoms with Gasteiger partial charge in [0.15, 0.2) is 5.58 Å². The minimum absolute atomic E-state index is 0.561. The van der Waals surface area contributed by atoms with Crippen molar-refractivity contribution >= 4 is 21.9 Å². The second kappa shape index (κ2) is 3.14. The molecule has 0 bridgehead atoms. The van der Waals surface area contributed by atoms with Crippen LogP contribution >= 0.6 is 0 Å². The van der Waals surface area contributed by atoms with Crippen molar-refractivity contribution in [3.63, 3.8) is 0 Å². The Bertz CT molecular complexity index is 726. The van der Waals surface area contributed by atoms with Crippen LogP contribution in [0, 0.1) is 32.1 Å². The van der Waals surface area contributed by atoms with E-state index in [1.54, 1.807) is 0 Å². The topological polar surface area (TPSA) is 50.1 Å². The number of nitriles is 1. The zero-order valence-electron chi connectivity index (χ0n) is 9.92. The quantitative estimate of drug-likeness (QED) is 0.581. The minimum atomic E-state index is 0.561. The highest BCUT2D eigenvalue weighted by Crippen LogP contribution is 2.35. The second-order valence-corrected chi connectivity index (χ2v) is 4.31. The molecule has 0 atom stereocenters. The van der Waals surface area contributed by atoms with Gasteiger partial charge in [0.1, 0.15) is 28.7 Å². The molecule has 84 valence electrons. The molecule has 0 N–H and O–H groups in total. The SMILES string of the molecule is Cc1cc2c(C#N)c3oc(C)cc3c(C)c2o1. The summed E-state index contributed by atoms with van der Waals surface area (Å²) in [5.41, 5.74) is 3.03. The second-order valence-electron chi connectivity index (χ2n) is 4.31. The fourth-order valence-electron chi connectivity index (χ4n) is 2.31. The van der Waals surface area contributed by atoms with Gasteiger partial charge in [-0.15, -0.1) is 0 Å². The Morgan fingerprint density at radius 2 is 1.53 bits per heavy atom. The maximum atomic E-state index is 9.29. The van der Waals surface area contributed by atoms with Crippen LogP contribution in [0.15, 0.2) is 21.0 Å². The van der Waals surface area contributed by atoms with Crippen LogP contribution in [-0.4, -0.2) is 0 Å². The molecule has 0 unspecified atom stereocenters. The monoisotopic (exact) mass is 225 g/mol. The summed E-state index contributed by atoms with van der Waals surface area (Å²) in [6.45, 7) is 5.75. The molecule has 1 aromatic carbocycles. The van der Waals surface area contributed by atoms with Gasteiger partial charge in [-0.2, -0.15) is 5.26 Å². The van der Waals surface area contributed by atoms with Crippen LogP contribution in [0.4, 0.5) is 0 Å². The average molecular weight is 225 g/mol. The van der Waals surface area contributed by atoms with Crippen LogP contribution in [0.25, 0.3) is 21.9 Å². The van der Waals surface area contributed by atoms with E-state index in [-0.39, 0.29) is 0 Å². The summed E-state index contributed by atoms with van der Waals surface area (Å²) in [6, 6.07) is 6.05. The lowest BCUT2D eigenvalue weighted by Crippen LogP contribution is -1.82. The van der Waals surface area contributed by atoms with Gasteiger partial charge in [-0.25, -0.2) is 0 Å². The Labute approximate surface area is 98.2 Å². The van der Waals surface area contributed by atoms with E-state index in [4.69, 9.17) is 8.83 Å². The molecule has 0 spiro atoms. The Morgan fingerprint density at radius 1 is 0.941 bits per heavy atom. The van der Waals surface area contributed by atoms with Gasteiger partial charge in [0, 0.05) is 16.3 Å². The van der Waals surface area contributed by atoms with Gasteiger partial charge in [0.25, 0.3) is 0 Å². The van der Waals surface area contributed by atoms with Crippen molar-refractivity contribution in [1.82, 2.24) is 0 Å². The Morgan fingerprint density at radius 3 is 2.18 bits per heavy atom. The van der Waals surface area contributed by atoms with E-state index in [2.05, 4.69) is 6.07 Å². The van der Waals surface area contributed by atoms with Crippen LogP contribution in [0.1, 0.15) is 22.6 Å². The highest BCUT2D eigenvalue weighted by atomic mass is 16.3. The van der Waals surface area contributed by atoms with Crippen LogP contribution in [-0.2, 0) is 0 Å². The molecule has 3 aromatic rings. The van der Waals surface area contributed by atoms with E-state index >= 15 is 0 Å². The molecule has 0 saturated carbocycles. The maximum Gasteiger partial charge on any atom is 0.153 e. The molecule has 0 fully saturated rings. The third-order valence-corrected chi connectivity index (χ3v) is 3.06. The van der Waals surface area contributed by atoms with Gasteiger partial charge in [-0.05, 0) is 32.9 Å². The van der Waals surface area contributed by atoms with Gasteiger partial charge >= 0.3 is 0 Å². The molecule has 17 heavy (non-hydrogen) atoms. The van der Waals surface area contributed by atoms with Crippen molar-refractivity contribution < 1.29 is 8.83 Å². The zero-order chi connectivity index (χ0) is 12.2. The predicted octanol–water partition coefficient (Wildman–Crippen LogP) is 3.98. The summed E-state index contributed by atoms with van der Waals surface area (Å²) in [5.74, 6) is 1.62. The lowest BCUT2D eigenvalue weighted by atomic mass is 10.0. The van der Waals surface area contributed by atoms with E-state index in [0.717, 1.165) is 33.4 Å². The first-order valence-corrected chi connectivity index (χ1v) is 5.44. The van der Waals surface area contributed by atoms with E-state index in [1.165, 1.54) is 0 Å². The Hall–Kier alpha value is -2.21. The van der Waals surface area contributed by atoms with E-state index in [0.29, 0.717) is 11.1 Å². The molecule has 0 radical (unpaired) electrons. The number of hydrogen-bond acceptors (Lipinski definition) is 3. The number of hydrogen-bond donors (Lipinski definition) is 0. The summed E-state index contributed by atoms with van der Waals surface area (Å²) < 4.78 is 11.3. The molecular formula is C14H11NO2. The molecule has 0 aliphatic rings. The molecular weight excluding hydrogens is 214 g/mol. The first-order valence-electron chi connectivity index (χ1n) is 5.44. The van der Waals surface area contributed by atoms with Crippen molar-refractivity contribution in [1.29, 1.82) is 5.26 Å². The molecule has 0 saturated heterocycles. The number of rotatable bonds is 0.